The average Bonchev–Trinajstić information content (AvgIpc) is 2.65. The van der Waals surface area contributed by atoms with Crippen molar-refractivity contribution in [3.05, 3.63) is 54.1 Å². The molecule has 1 atom stereocenters. The average molecular weight is 299 g/mol. The first kappa shape index (κ1) is 14.0. The van der Waals surface area contributed by atoms with Crippen molar-refractivity contribution in [2.45, 2.75) is 16.6 Å². The molecule has 0 bridgehead atoms. The Bertz CT molecular complexity index is 654. The Balaban J connectivity index is 1.95. The maximum Gasteiger partial charge on any atom is 0.228 e. The standard InChI is InChI=1S/C17H17NO2S/c1-18-14-5-3-4-6-15(14)21-16(11-17(18)19)12-7-9-13(20-2)10-8-12/h3-10,16H,11H2,1-2H3/t16-/m1/s1. The molecule has 4 heteroatoms. The van der Waals surface area contributed by atoms with E-state index in [0.29, 0.717) is 6.42 Å². The summed E-state index contributed by atoms with van der Waals surface area (Å²) in [5.41, 5.74) is 2.14. The van der Waals surface area contributed by atoms with Crippen LogP contribution in [0.5, 0.6) is 5.75 Å². The molecule has 1 aliphatic heterocycles. The Hall–Kier alpha value is -1.94. The number of para-hydroxylation sites is 1. The largest absolute Gasteiger partial charge is 0.497 e. The molecule has 0 saturated heterocycles. The summed E-state index contributed by atoms with van der Waals surface area (Å²) < 4.78 is 5.19. The summed E-state index contributed by atoms with van der Waals surface area (Å²) in [5.74, 6) is 0.981. The van der Waals surface area contributed by atoms with E-state index in [1.54, 1.807) is 23.8 Å². The van der Waals surface area contributed by atoms with Crippen LogP contribution in [0.15, 0.2) is 53.4 Å². The molecule has 0 unspecified atom stereocenters. The highest BCUT2D eigenvalue weighted by atomic mass is 32.2. The van der Waals surface area contributed by atoms with Crippen LogP contribution < -0.4 is 9.64 Å². The summed E-state index contributed by atoms with van der Waals surface area (Å²) in [6, 6.07) is 16.0. The molecule has 0 N–H and O–H groups in total. The zero-order chi connectivity index (χ0) is 14.8. The topological polar surface area (TPSA) is 29.5 Å². The highest BCUT2D eigenvalue weighted by Crippen LogP contribution is 2.45. The summed E-state index contributed by atoms with van der Waals surface area (Å²) in [7, 11) is 3.50. The van der Waals surface area contributed by atoms with Crippen LogP contribution in [0.1, 0.15) is 17.2 Å². The van der Waals surface area contributed by atoms with E-state index in [4.69, 9.17) is 4.74 Å². The first-order chi connectivity index (χ1) is 10.2. The highest BCUT2D eigenvalue weighted by Gasteiger charge is 2.26. The van der Waals surface area contributed by atoms with Crippen molar-refractivity contribution in [2.24, 2.45) is 0 Å². The van der Waals surface area contributed by atoms with Gasteiger partial charge in [0.15, 0.2) is 0 Å². The minimum Gasteiger partial charge on any atom is -0.497 e. The van der Waals surface area contributed by atoms with Gasteiger partial charge in [0.1, 0.15) is 5.75 Å². The number of amides is 1. The fourth-order valence-corrected chi connectivity index (χ4v) is 3.77. The van der Waals surface area contributed by atoms with Crippen molar-refractivity contribution in [3.63, 3.8) is 0 Å². The number of thioether (sulfide) groups is 1. The minimum absolute atomic E-state index is 0.134. The van der Waals surface area contributed by atoms with Crippen LogP contribution in [0, 0.1) is 0 Å². The lowest BCUT2D eigenvalue weighted by atomic mass is 10.1. The second kappa shape index (κ2) is 5.82. The van der Waals surface area contributed by atoms with Gasteiger partial charge >= 0.3 is 0 Å². The maximum atomic E-state index is 12.4. The molecule has 0 spiro atoms. The van der Waals surface area contributed by atoms with Crippen molar-refractivity contribution in [3.8, 4) is 5.75 Å². The Labute approximate surface area is 128 Å². The molecule has 0 fully saturated rings. The van der Waals surface area contributed by atoms with Crippen LogP contribution in [0.3, 0.4) is 0 Å². The van der Waals surface area contributed by atoms with Gasteiger partial charge in [0.2, 0.25) is 5.91 Å². The van der Waals surface area contributed by atoms with E-state index in [0.717, 1.165) is 21.9 Å². The number of ether oxygens (including phenoxy) is 1. The molecule has 0 aliphatic carbocycles. The van der Waals surface area contributed by atoms with E-state index in [-0.39, 0.29) is 11.2 Å². The third kappa shape index (κ3) is 2.76. The molecule has 1 amide bonds. The number of anilines is 1. The van der Waals surface area contributed by atoms with Crippen LogP contribution in [-0.2, 0) is 4.79 Å². The summed E-state index contributed by atoms with van der Waals surface area (Å²) >= 11 is 1.75. The molecule has 2 aromatic rings. The number of fused-ring (bicyclic) bond motifs is 1. The second-order valence-electron chi connectivity index (χ2n) is 5.00. The molecule has 0 radical (unpaired) electrons. The third-order valence-corrected chi connectivity index (χ3v) is 5.04. The third-order valence-electron chi connectivity index (χ3n) is 3.72. The molecule has 1 heterocycles. The fraction of sp³-hybridized carbons (Fsp3) is 0.235. The monoisotopic (exact) mass is 299 g/mol. The lowest BCUT2D eigenvalue weighted by molar-refractivity contribution is -0.118. The van der Waals surface area contributed by atoms with Gasteiger partial charge in [-0.2, -0.15) is 0 Å². The molecule has 2 aromatic carbocycles. The van der Waals surface area contributed by atoms with Crippen LogP contribution in [-0.4, -0.2) is 20.1 Å². The van der Waals surface area contributed by atoms with E-state index in [9.17, 15) is 4.79 Å². The summed E-state index contributed by atoms with van der Waals surface area (Å²) in [6.07, 6.45) is 0.502. The number of hydrogen-bond donors (Lipinski definition) is 0. The summed E-state index contributed by atoms with van der Waals surface area (Å²) in [4.78, 5) is 15.3. The maximum absolute atomic E-state index is 12.4. The van der Waals surface area contributed by atoms with Crippen molar-refractivity contribution >= 4 is 23.4 Å². The zero-order valence-corrected chi connectivity index (χ0v) is 12.9. The van der Waals surface area contributed by atoms with Gasteiger partial charge in [0.05, 0.1) is 12.8 Å². The molecular formula is C17H17NO2S. The number of nitrogens with zero attached hydrogens (tertiary/aromatic N) is 1. The zero-order valence-electron chi connectivity index (χ0n) is 12.1. The molecule has 108 valence electrons. The predicted molar refractivity (Wildman–Crippen MR) is 86.1 cm³/mol. The fourth-order valence-electron chi connectivity index (χ4n) is 2.46. The molecule has 3 rings (SSSR count). The van der Waals surface area contributed by atoms with Crippen molar-refractivity contribution in [1.29, 1.82) is 0 Å². The molecular weight excluding hydrogens is 282 g/mol. The lowest BCUT2D eigenvalue weighted by Crippen LogP contribution is -2.25. The van der Waals surface area contributed by atoms with Crippen LogP contribution >= 0.6 is 11.8 Å². The van der Waals surface area contributed by atoms with Gasteiger partial charge in [-0.15, -0.1) is 11.8 Å². The van der Waals surface area contributed by atoms with Gasteiger partial charge in [0.25, 0.3) is 0 Å². The van der Waals surface area contributed by atoms with Crippen LogP contribution in [0.25, 0.3) is 0 Å². The lowest BCUT2D eigenvalue weighted by Gasteiger charge is -2.16. The van der Waals surface area contributed by atoms with E-state index < -0.39 is 0 Å². The SMILES string of the molecule is COc1ccc([C@H]2CC(=O)N(C)c3ccccc3S2)cc1. The quantitative estimate of drug-likeness (QED) is 0.842. The van der Waals surface area contributed by atoms with Gasteiger partial charge in [-0.3, -0.25) is 4.79 Å². The first-order valence-electron chi connectivity index (χ1n) is 6.85. The van der Waals surface area contributed by atoms with E-state index in [2.05, 4.69) is 6.07 Å². The number of benzene rings is 2. The predicted octanol–water partition coefficient (Wildman–Crippen LogP) is 3.90. The van der Waals surface area contributed by atoms with Crippen LogP contribution in [0.2, 0.25) is 0 Å². The van der Waals surface area contributed by atoms with Crippen LogP contribution in [0.4, 0.5) is 5.69 Å². The van der Waals surface area contributed by atoms with Gasteiger partial charge < -0.3 is 9.64 Å². The van der Waals surface area contributed by atoms with Crippen molar-refractivity contribution < 1.29 is 9.53 Å². The van der Waals surface area contributed by atoms with Gasteiger partial charge in [0, 0.05) is 23.6 Å². The normalized spacial score (nSPS) is 18.1. The Kier molecular flexibility index (Phi) is 3.88. The second-order valence-corrected chi connectivity index (χ2v) is 6.25. The number of rotatable bonds is 2. The van der Waals surface area contributed by atoms with E-state index in [1.165, 1.54) is 0 Å². The van der Waals surface area contributed by atoms with E-state index >= 15 is 0 Å². The number of methoxy groups -OCH3 is 1. The van der Waals surface area contributed by atoms with E-state index in [1.807, 2.05) is 49.5 Å². The van der Waals surface area contributed by atoms with Crippen molar-refractivity contribution in [2.75, 3.05) is 19.1 Å². The highest BCUT2D eigenvalue weighted by molar-refractivity contribution is 7.99. The molecule has 0 saturated carbocycles. The number of carbonyl (C=O) groups excluding carboxylic acids is 1. The molecule has 0 aromatic heterocycles. The Morgan fingerprint density at radius 3 is 2.57 bits per heavy atom. The smallest absolute Gasteiger partial charge is 0.228 e. The summed E-state index contributed by atoms with van der Waals surface area (Å²) in [5, 5.41) is 0.134. The number of hydrogen-bond acceptors (Lipinski definition) is 3. The number of carbonyl (C=O) groups is 1. The first-order valence-corrected chi connectivity index (χ1v) is 7.73. The minimum atomic E-state index is 0.134. The molecule has 3 nitrogen and oxygen atoms in total. The van der Waals surface area contributed by atoms with Gasteiger partial charge in [-0.1, -0.05) is 24.3 Å². The molecule has 21 heavy (non-hydrogen) atoms. The summed E-state index contributed by atoms with van der Waals surface area (Å²) in [6.45, 7) is 0. The molecule has 1 aliphatic rings. The Morgan fingerprint density at radius 2 is 1.86 bits per heavy atom. The van der Waals surface area contributed by atoms with Gasteiger partial charge in [-0.25, -0.2) is 0 Å². The van der Waals surface area contributed by atoms with Crippen molar-refractivity contribution in [1.82, 2.24) is 0 Å². The van der Waals surface area contributed by atoms with Gasteiger partial charge in [-0.05, 0) is 29.8 Å². The Morgan fingerprint density at radius 1 is 1.14 bits per heavy atom.